The summed E-state index contributed by atoms with van der Waals surface area (Å²) in [6.07, 6.45) is 0. The highest BCUT2D eigenvalue weighted by molar-refractivity contribution is 9.12. The van der Waals surface area contributed by atoms with Crippen molar-refractivity contribution in [1.82, 2.24) is 0 Å². The first-order valence-electron chi connectivity index (χ1n) is 2.98. The molecule has 0 amide bonds. The summed E-state index contributed by atoms with van der Waals surface area (Å²) in [4.78, 5) is 2.60. The predicted molar refractivity (Wildman–Crippen MR) is 47.0 cm³/mol. The SMILES string of the molecule is N#Cc1ccc(C#CBr)cc1. The molecule has 1 nitrogen and oxygen atoms in total. The zero-order valence-electron chi connectivity index (χ0n) is 5.63. The first-order chi connectivity index (χ1) is 5.36. The molecule has 1 aromatic rings. The Hall–Kier alpha value is -1.25. The minimum absolute atomic E-state index is 0.658. The quantitative estimate of drug-likeness (QED) is 0.597. The number of hydrogen-bond donors (Lipinski definition) is 0. The third-order valence-corrected chi connectivity index (χ3v) is 1.40. The smallest absolute Gasteiger partial charge is 0.0991 e. The minimum atomic E-state index is 0.658. The van der Waals surface area contributed by atoms with E-state index in [0.29, 0.717) is 5.56 Å². The van der Waals surface area contributed by atoms with E-state index in [0.717, 1.165) is 5.56 Å². The fraction of sp³-hybridized carbons (Fsp3) is 0. The van der Waals surface area contributed by atoms with Gasteiger partial charge in [-0.1, -0.05) is 5.92 Å². The molecule has 0 atom stereocenters. The van der Waals surface area contributed by atoms with Gasteiger partial charge in [-0.25, -0.2) is 0 Å². The van der Waals surface area contributed by atoms with E-state index in [2.05, 4.69) is 26.7 Å². The van der Waals surface area contributed by atoms with E-state index in [1.165, 1.54) is 0 Å². The fourth-order valence-electron chi connectivity index (χ4n) is 0.683. The van der Waals surface area contributed by atoms with Crippen molar-refractivity contribution in [3.63, 3.8) is 0 Å². The molecule has 0 aromatic heterocycles. The van der Waals surface area contributed by atoms with E-state index in [1.54, 1.807) is 12.1 Å². The van der Waals surface area contributed by atoms with Crippen LogP contribution in [-0.2, 0) is 0 Å². The van der Waals surface area contributed by atoms with Gasteiger partial charge in [-0.05, 0) is 29.1 Å². The lowest BCUT2D eigenvalue weighted by atomic mass is 10.2. The van der Waals surface area contributed by atoms with E-state index < -0.39 is 0 Å². The largest absolute Gasteiger partial charge is 0.192 e. The van der Waals surface area contributed by atoms with Crippen molar-refractivity contribution in [2.45, 2.75) is 0 Å². The molecule has 0 unspecified atom stereocenters. The van der Waals surface area contributed by atoms with Crippen molar-refractivity contribution in [2.75, 3.05) is 0 Å². The Balaban J connectivity index is 3.00. The van der Waals surface area contributed by atoms with E-state index in [4.69, 9.17) is 5.26 Å². The van der Waals surface area contributed by atoms with Crippen molar-refractivity contribution in [3.8, 4) is 16.8 Å². The standard InChI is InChI=1S/C9H4BrN/c10-6-5-8-1-3-9(7-11)4-2-8/h1-4H. The van der Waals surface area contributed by atoms with Gasteiger partial charge in [-0.2, -0.15) is 5.26 Å². The van der Waals surface area contributed by atoms with Crippen LogP contribution in [0.4, 0.5) is 0 Å². The molecule has 52 valence electrons. The average Bonchev–Trinajstić information content (AvgIpc) is 2.07. The number of hydrogen-bond acceptors (Lipinski definition) is 1. The molecule has 0 fully saturated rings. The van der Waals surface area contributed by atoms with E-state index in [-0.39, 0.29) is 0 Å². The molecule has 0 radical (unpaired) electrons. The van der Waals surface area contributed by atoms with Gasteiger partial charge in [0.1, 0.15) is 0 Å². The number of nitriles is 1. The summed E-state index contributed by atoms with van der Waals surface area (Å²) in [6, 6.07) is 9.15. The van der Waals surface area contributed by atoms with E-state index in [9.17, 15) is 0 Å². The molecule has 0 heterocycles. The van der Waals surface area contributed by atoms with Crippen LogP contribution in [0.3, 0.4) is 0 Å². The van der Waals surface area contributed by atoms with Gasteiger partial charge in [-0.15, -0.1) is 0 Å². The van der Waals surface area contributed by atoms with E-state index >= 15 is 0 Å². The number of rotatable bonds is 0. The fourth-order valence-corrected chi connectivity index (χ4v) is 0.912. The molecule has 11 heavy (non-hydrogen) atoms. The molecule has 1 aromatic carbocycles. The lowest BCUT2D eigenvalue weighted by Gasteiger charge is -1.88. The Labute approximate surface area is 73.8 Å². The zero-order chi connectivity index (χ0) is 8.10. The Kier molecular flexibility index (Phi) is 2.72. The van der Waals surface area contributed by atoms with Gasteiger partial charge in [-0.3, -0.25) is 0 Å². The van der Waals surface area contributed by atoms with Gasteiger partial charge in [0.25, 0.3) is 0 Å². The third-order valence-electron chi connectivity index (χ3n) is 1.21. The molecular formula is C9H4BrN. The summed E-state index contributed by atoms with van der Waals surface area (Å²) in [7, 11) is 0. The second-order valence-electron chi connectivity index (χ2n) is 1.91. The minimum Gasteiger partial charge on any atom is -0.192 e. The van der Waals surface area contributed by atoms with Crippen molar-refractivity contribution in [2.24, 2.45) is 0 Å². The van der Waals surface area contributed by atoms with Crippen LogP contribution < -0.4 is 0 Å². The topological polar surface area (TPSA) is 23.8 Å². The van der Waals surface area contributed by atoms with Crippen molar-refractivity contribution < 1.29 is 0 Å². The summed E-state index contributed by atoms with van der Waals surface area (Å²) < 4.78 is 0. The molecule has 0 saturated carbocycles. The zero-order valence-corrected chi connectivity index (χ0v) is 7.22. The van der Waals surface area contributed by atoms with Gasteiger partial charge >= 0.3 is 0 Å². The summed E-state index contributed by atoms with van der Waals surface area (Å²) in [5.41, 5.74) is 1.56. The molecule has 0 aliphatic rings. The summed E-state index contributed by atoms with van der Waals surface area (Å²) in [5.74, 6) is 2.82. The van der Waals surface area contributed by atoms with Crippen LogP contribution in [0.5, 0.6) is 0 Å². The van der Waals surface area contributed by atoms with Gasteiger partial charge in [0.2, 0.25) is 0 Å². The number of benzene rings is 1. The first-order valence-corrected chi connectivity index (χ1v) is 3.78. The summed E-state index contributed by atoms with van der Waals surface area (Å²) >= 11 is 3.00. The first kappa shape index (κ1) is 7.85. The highest BCUT2D eigenvalue weighted by Gasteiger charge is 1.87. The Morgan fingerprint density at radius 1 is 1.09 bits per heavy atom. The lowest BCUT2D eigenvalue weighted by Crippen LogP contribution is -1.74. The van der Waals surface area contributed by atoms with Gasteiger partial charge in [0.05, 0.1) is 11.6 Å². The Morgan fingerprint density at radius 3 is 2.09 bits per heavy atom. The summed E-state index contributed by atoms with van der Waals surface area (Å²) in [5, 5.41) is 8.46. The number of halogens is 1. The van der Waals surface area contributed by atoms with Crippen molar-refractivity contribution >= 4 is 15.9 Å². The molecule has 0 aliphatic heterocycles. The van der Waals surface area contributed by atoms with Crippen LogP contribution in [0.15, 0.2) is 24.3 Å². The van der Waals surface area contributed by atoms with Crippen molar-refractivity contribution in [3.05, 3.63) is 35.4 Å². The maximum absolute atomic E-state index is 8.46. The normalized spacial score (nSPS) is 7.64. The van der Waals surface area contributed by atoms with Crippen LogP contribution in [-0.4, -0.2) is 0 Å². The lowest BCUT2D eigenvalue weighted by molar-refractivity contribution is 1.48. The molecular weight excluding hydrogens is 202 g/mol. The highest BCUT2D eigenvalue weighted by Crippen LogP contribution is 2.01. The predicted octanol–water partition coefficient (Wildman–Crippen LogP) is 2.26. The second kappa shape index (κ2) is 3.81. The van der Waals surface area contributed by atoms with Crippen LogP contribution in [0, 0.1) is 22.1 Å². The monoisotopic (exact) mass is 205 g/mol. The van der Waals surface area contributed by atoms with Crippen LogP contribution in [0.25, 0.3) is 0 Å². The maximum atomic E-state index is 8.46. The van der Waals surface area contributed by atoms with Gasteiger partial charge < -0.3 is 0 Å². The Morgan fingerprint density at radius 2 is 1.64 bits per heavy atom. The molecule has 0 spiro atoms. The van der Waals surface area contributed by atoms with Crippen LogP contribution in [0.1, 0.15) is 11.1 Å². The highest BCUT2D eigenvalue weighted by atomic mass is 79.9. The van der Waals surface area contributed by atoms with Gasteiger partial charge in [0, 0.05) is 21.5 Å². The Bertz CT molecular complexity index is 335. The summed E-state index contributed by atoms with van der Waals surface area (Å²) in [6.45, 7) is 0. The number of nitrogens with zero attached hydrogens (tertiary/aromatic N) is 1. The van der Waals surface area contributed by atoms with Crippen molar-refractivity contribution in [1.29, 1.82) is 5.26 Å². The second-order valence-corrected chi connectivity index (χ2v) is 2.31. The average molecular weight is 206 g/mol. The van der Waals surface area contributed by atoms with Gasteiger partial charge in [0.15, 0.2) is 0 Å². The molecule has 2 heteroatoms. The molecule has 0 N–H and O–H groups in total. The maximum Gasteiger partial charge on any atom is 0.0991 e. The molecule has 0 aliphatic carbocycles. The third kappa shape index (κ3) is 2.11. The molecule has 0 bridgehead atoms. The molecule has 0 saturated heterocycles. The van der Waals surface area contributed by atoms with E-state index in [1.807, 2.05) is 18.2 Å². The van der Waals surface area contributed by atoms with Crippen LogP contribution >= 0.6 is 15.9 Å². The van der Waals surface area contributed by atoms with Crippen LogP contribution in [0.2, 0.25) is 0 Å². The molecule has 1 rings (SSSR count).